The molecule has 0 fully saturated rings. The maximum Gasteiger partial charge on any atom is 2.00 e. The van der Waals surface area contributed by atoms with E-state index in [-0.39, 0.29) is 31.4 Å². The first-order valence-electron chi connectivity index (χ1n) is 3.47. The monoisotopic (exact) mass is 240 g/mol. The van der Waals surface area contributed by atoms with Crippen LogP contribution in [0.2, 0.25) is 0 Å². The summed E-state index contributed by atoms with van der Waals surface area (Å²) in [6.07, 6.45) is -7.84. The minimum atomic E-state index is -2.20. The normalized spacial score (nSPS) is 17.7. The van der Waals surface area contributed by atoms with E-state index in [1.54, 1.807) is 0 Å². The summed E-state index contributed by atoms with van der Waals surface area (Å²) in [5.41, 5.74) is 0. The summed E-state index contributed by atoms with van der Waals surface area (Å²) in [5, 5.41) is 51.8. The molecule has 0 aromatic heterocycles. The van der Waals surface area contributed by atoms with Gasteiger partial charge in [-0.1, -0.05) is 0 Å². The summed E-state index contributed by atoms with van der Waals surface area (Å²) in [7, 11) is 0. The van der Waals surface area contributed by atoms with Gasteiger partial charge in [-0.15, -0.1) is 0 Å². The van der Waals surface area contributed by atoms with Crippen LogP contribution in [0.15, 0.2) is 0 Å². The zero-order valence-electron chi connectivity index (χ0n) is 9.82. The van der Waals surface area contributed by atoms with Crippen molar-refractivity contribution in [3.63, 3.8) is 0 Å². The number of rotatable bonds is 5. The predicted octanol–water partition coefficient (Wildman–Crippen LogP) is -4.47. The molecule has 15 heavy (non-hydrogen) atoms. The van der Waals surface area contributed by atoms with E-state index in [9.17, 15) is 4.79 Å². The van der Waals surface area contributed by atoms with E-state index in [1.165, 1.54) is 0 Å². The van der Waals surface area contributed by atoms with Gasteiger partial charge in [-0.2, -0.15) is 0 Å². The molecule has 0 rings (SSSR count). The van der Waals surface area contributed by atoms with E-state index in [1.807, 2.05) is 0 Å². The smallest absolute Gasteiger partial charge is 1.00 e. The summed E-state index contributed by atoms with van der Waals surface area (Å²) in [4.78, 5) is 10.1. The molecule has 0 amide bonds. The minimum Gasteiger partial charge on any atom is -1.00 e. The molecule has 4 atom stereocenters. The quantitative estimate of drug-likeness (QED) is 0.263. The van der Waals surface area contributed by atoms with Gasteiger partial charge in [-0.25, -0.2) is 4.79 Å². The zero-order valence-corrected chi connectivity index (χ0v) is 9.23. The number of carboxylic acid groups (broad SMARTS) is 1. The number of aliphatic hydroxyl groups is 5. The van der Waals surface area contributed by atoms with Crippen LogP contribution in [0.1, 0.15) is 2.85 Å². The van der Waals surface area contributed by atoms with E-state index in [0.717, 1.165) is 0 Å². The Kier molecular flexibility index (Phi) is 12.6. The average molecular weight is 240 g/mol. The first-order valence-corrected chi connectivity index (χ1v) is 3.47. The number of aliphatic hydroxyl groups excluding tert-OH is 5. The van der Waals surface area contributed by atoms with Gasteiger partial charge >= 0.3 is 29.0 Å². The maximum atomic E-state index is 10.1. The van der Waals surface area contributed by atoms with Crippen LogP contribution in [0.3, 0.4) is 0 Å². The first kappa shape index (κ1) is 20.4. The molecule has 9 heteroatoms. The van der Waals surface area contributed by atoms with Gasteiger partial charge in [-0.05, 0) is 0 Å². The SMILES string of the molecule is O.O=C(O)[C@H](O)[C@@H](O)[C@H](O)[C@H](O)CO.[H-].[H-].[Mg+2]. The molecule has 0 spiro atoms. The largest absolute Gasteiger partial charge is 2.00 e. The van der Waals surface area contributed by atoms with E-state index in [4.69, 9.17) is 30.6 Å². The molecule has 0 bridgehead atoms. The van der Waals surface area contributed by atoms with Crippen molar-refractivity contribution >= 4 is 29.0 Å². The molecule has 0 aromatic carbocycles. The van der Waals surface area contributed by atoms with Crippen molar-refractivity contribution < 1.29 is 43.8 Å². The average Bonchev–Trinajstić information content (AvgIpc) is 2.12. The molecule has 0 unspecified atom stereocenters. The first-order chi connectivity index (χ1) is 5.91. The number of aliphatic carboxylic acids is 1. The van der Waals surface area contributed by atoms with Crippen LogP contribution in [-0.4, -0.2) is 96.2 Å². The van der Waals surface area contributed by atoms with Gasteiger partial charge in [0.05, 0.1) is 6.61 Å². The molecule has 0 heterocycles. The van der Waals surface area contributed by atoms with Crippen LogP contribution >= 0.6 is 0 Å². The van der Waals surface area contributed by atoms with Gasteiger partial charge in [0.15, 0.2) is 6.10 Å². The van der Waals surface area contributed by atoms with Gasteiger partial charge in [0, 0.05) is 0 Å². The van der Waals surface area contributed by atoms with E-state index in [0.29, 0.717) is 0 Å². The van der Waals surface area contributed by atoms with Crippen molar-refractivity contribution in [1.29, 1.82) is 0 Å². The van der Waals surface area contributed by atoms with Gasteiger partial charge in [-0.3, -0.25) is 0 Å². The predicted molar refractivity (Wildman–Crippen MR) is 50.3 cm³/mol. The summed E-state index contributed by atoms with van der Waals surface area (Å²) < 4.78 is 0. The number of hydrogen-bond donors (Lipinski definition) is 6. The molecule has 0 aliphatic rings. The third kappa shape index (κ3) is 6.22. The van der Waals surface area contributed by atoms with Crippen LogP contribution in [0, 0.1) is 0 Å². The van der Waals surface area contributed by atoms with Crippen molar-refractivity contribution in [2.45, 2.75) is 24.4 Å². The Morgan fingerprint density at radius 3 is 1.80 bits per heavy atom. The molecule has 0 aliphatic heterocycles. The summed E-state index contributed by atoms with van der Waals surface area (Å²) in [5.74, 6) is -1.73. The minimum absolute atomic E-state index is 0. The van der Waals surface area contributed by atoms with E-state index in [2.05, 4.69) is 0 Å². The van der Waals surface area contributed by atoms with Crippen molar-refractivity contribution in [3.05, 3.63) is 0 Å². The number of hydrogen-bond acceptors (Lipinski definition) is 6. The van der Waals surface area contributed by atoms with Crippen LogP contribution in [-0.2, 0) is 4.79 Å². The van der Waals surface area contributed by atoms with Crippen LogP contribution in [0.4, 0.5) is 0 Å². The molecule has 90 valence electrons. The van der Waals surface area contributed by atoms with Gasteiger partial charge in [0.2, 0.25) is 0 Å². The Bertz CT molecular complexity index is 185. The third-order valence-corrected chi connectivity index (χ3v) is 1.51. The van der Waals surface area contributed by atoms with E-state index >= 15 is 0 Å². The number of carboxylic acids is 1. The standard InChI is InChI=1S/C6H12O7.Mg.H2O.2H/c7-1-2(8)3(9)4(10)5(11)6(12)13;;;;/h2-5,7-11H,1H2,(H,12,13);;1H2;;/q;+2;;2*-1/t2-,3-,4+,5-;;;;/m1..../s1. The molecule has 0 saturated heterocycles. The molecule has 0 saturated carbocycles. The Hall–Kier alpha value is -0.00377. The molecule has 8 nitrogen and oxygen atoms in total. The summed E-state index contributed by atoms with van der Waals surface area (Å²) in [6, 6.07) is 0. The molecule has 8 N–H and O–H groups in total. The fourth-order valence-corrected chi connectivity index (χ4v) is 0.668. The van der Waals surface area contributed by atoms with Crippen LogP contribution in [0.5, 0.6) is 0 Å². The van der Waals surface area contributed by atoms with E-state index < -0.39 is 37.0 Å². The van der Waals surface area contributed by atoms with Crippen LogP contribution < -0.4 is 0 Å². The van der Waals surface area contributed by atoms with Crippen molar-refractivity contribution in [1.82, 2.24) is 0 Å². The second kappa shape index (κ2) is 9.24. The molecular formula is C6H16MgO8. The Labute approximate surface area is 104 Å². The fraction of sp³-hybridized carbons (Fsp3) is 0.833. The van der Waals surface area contributed by atoms with Crippen molar-refractivity contribution in [3.8, 4) is 0 Å². The third-order valence-electron chi connectivity index (χ3n) is 1.51. The summed E-state index contributed by atoms with van der Waals surface area (Å²) in [6.45, 7) is -0.843. The van der Waals surface area contributed by atoms with Gasteiger partial charge in [0.1, 0.15) is 18.3 Å². The van der Waals surface area contributed by atoms with Crippen molar-refractivity contribution in [2.75, 3.05) is 6.61 Å². The Balaban J connectivity index is -0.000000120. The number of carbonyl (C=O) groups is 1. The zero-order chi connectivity index (χ0) is 10.6. The molecule has 0 aromatic rings. The van der Waals surface area contributed by atoms with Crippen LogP contribution in [0.25, 0.3) is 0 Å². The van der Waals surface area contributed by atoms with Crippen molar-refractivity contribution in [2.24, 2.45) is 0 Å². The Morgan fingerprint density at radius 1 is 1.13 bits per heavy atom. The topological polar surface area (TPSA) is 170 Å². The fourth-order valence-electron chi connectivity index (χ4n) is 0.668. The molecule has 0 radical (unpaired) electrons. The Morgan fingerprint density at radius 2 is 1.53 bits per heavy atom. The second-order valence-corrected chi connectivity index (χ2v) is 2.51. The van der Waals surface area contributed by atoms with Gasteiger partial charge in [0.25, 0.3) is 0 Å². The second-order valence-electron chi connectivity index (χ2n) is 2.51. The summed E-state index contributed by atoms with van der Waals surface area (Å²) >= 11 is 0. The maximum absolute atomic E-state index is 10.1. The molecular weight excluding hydrogens is 224 g/mol. The van der Waals surface area contributed by atoms with Gasteiger partial charge < -0.3 is 39.0 Å². The molecule has 0 aliphatic carbocycles.